The number of nitrogens with zero attached hydrogens (tertiary/aromatic N) is 3. The molecular formula is C16H20ClN5O2S. The lowest BCUT2D eigenvalue weighted by Crippen LogP contribution is -2.34. The van der Waals surface area contributed by atoms with Gasteiger partial charge in [-0.15, -0.1) is 10.2 Å². The van der Waals surface area contributed by atoms with Crippen molar-refractivity contribution in [1.29, 1.82) is 0 Å². The predicted octanol–water partition coefficient (Wildman–Crippen LogP) is 2.38. The maximum atomic E-state index is 12.0. The molecule has 1 amide bonds. The van der Waals surface area contributed by atoms with Crippen LogP contribution in [0.4, 0.5) is 0 Å². The van der Waals surface area contributed by atoms with E-state index in [0.29, 0.717) is 27.8 Å². The number of carbonyl (C=O) groups excluding carboxylic acids is 1. The monoisotopic (exact) mass is 381 g/mol. The van der Waals surface area contributed by atoms with E-state index in [9.17, 15) is 4.79 Å². The number of nitrogens with two attached hydrogens (primary N) is 1. The minimum Gasteiger partial charge on any atom is -0.486 e. The summed E-state index contributed by atoms with van der Waals surface area (Å²) in [6.07, 6.45) is 4.50. The van der Waals surface area contributed by atoms with E-state index in [1.807, 2.05) is 0 Å². The van der Waals surface area contributed by atoms with Crippen LogP contribution in [0.1, 0.15) is 31.5 Å². The van der Waals surface area contributed by atoms with Gasteiger partial charge in [-0.05, 0) is 37.1 Å². The summed E-state index contributed by atoms with van der Waals surface area (Å²) >= 11 is 7.10. The number of thioether (sulfide) groups is 1. The lowest BCUT2D eigenvalue weighted by molar-refractivity contribution is -0.119. The van der Waals surface area contributed by atoms with Crippen molar-refractivity contribution in [3.05, 3.63) is 35.1 Å². The molecule has 134 valence electrons. The van der Waals surface area contributed by atoms with Gasteiger partial charge < -0.3 is 15.9 Å². The van der Waals surface area contributed by atoms with Gasteiger partial charge in [-0.3, -0.25) is 4.79 Å². The van der Waals surface area contributed by atoms with Crippen molar-refractivity contribution in [3.8, 4) is 5.75 Å². The average Bonchev–Trinajstić information content (AvgIpc) is 3.23. The van der Waals surface area contributed by atoms with Crippen LogP contribution < -0.4 is 15.9 Å². The number of hydrogen-bond donors (Lipinski definition) is 2. The highest BCUT2D eigenvalue weighted by atomic mass is 35.5. The zero-order valence-corrected chi connectivity index (χ0v) is 15.2. The lowest BCUT2D eigenvalue weighted by Gasteiger charge is -2.11. The van der Waals surface area contributed by atoms with Gasteiger partial charge in [0.25, 0.3) is 0 Å². The van der Waals surface area contributed by atoms with E-state index in [0.717, 1.165) is 12.8 Å². The highest BCUT2D eigenvalue weighted by molar-refractivity contribution is 7.99. The second-order valence-electron chi connectivity index (χ2n) is 5.85. The number of ether oxygens (including phenoxy) is 1. The fraction of sp³-hybridized carbons (Fsp3) is 0.438. The molecule has 3 rings (SSSR count). The summed E-state index contributed by atoms with van der Waals surface area (Å²) in [7, 11) is 0. The van der Waals surface area contributed by atoms with Crippen molar-refractivity contribution in [2.45, 2.75) is 43.5 Å². The Morgan fingerprint density at radius 2 is 2.04 bits per heavy atom. The predicted molar refractivity (Wildman–Crippen MR) is 97.1 cm³/mol. The van der Waals surface area contributed by atoms with E-state index in [2.05, 4.69) is 15.5 Å². The van der Waals surface area contributed by atoms with Crippen LogP contribution in [0.2, 0.25) is 5.02 Å². The molecule has 0 spiro atoms. The normalized spacial score (nSPS) is 14.6. The number of amides is 1. The lowest BCUT2D eigenvalue weighted by atomic mass is 10.2. The molecule has 1 saturated carbocycles. The summed E-state index contributed by atoms with van der Waals surface area (Å²) in [6.45, 7) is 0.181. The Bertz CT molecular complexity index is 716. The van der Waals surface area contributed by atoms with Crippen LogP contribution in [0.5, 0.6) is 5.75 Å². The zero-order valence-electron chi connectivity index (χ0n) is 13.7. The Labute approximate surface area is 155 Å². The summed E-state index contributed by atoms with van der Waals surface area (Å²) in [5.74, 6) is 7.39. The number of halogens is 1. The van der Waals surface area contributed by atoms with Crippen molar-refractivity contribution < 1.29 is 9.53 Å². The third-order valence-corrected chi connectivity index (χ3v) is 5.16. The van der Waals surface area contributed by atoms with E-state index >= 15 is 0 Å². The van der Waals surface area contributed by atoms with Gasteiger partial charge in [-0.1, -0.05) is 36.2 Å². The molecule has 1 aliphatic rings. The Hall–Kier alpha value is -1.93. The highest BCUT2D eigenvalue weighted by Crippen LogP contribution is 2.20. The smallest absolute Gasteiger partial charge is 0.230 e. The number of carbonyl (C=O) groups is 1. The van der Waals surface area contributed by atoms with Gasteiger partial charge in [0, 0.05) is 11.1 Å². The number of aromatic nitrogens is 3. The van der Waals surface area contributed by atoms with E-state index < -0.39 is 0 Å². The first kappa shape index (κ1) is 17.9. The molecule has 9 heteroatoms. The molecule has 2 aromatic rings. The first-order valence-corrected chi connectivity index (χ1v) is 9.48. The van der Waals surface area contributed by atoms with Gasteiger partial charge in [0.15, 0.2) is 5.82 Å². The molecule has 7 nitrogen and oxygen atoms in total. The number of benzene rings is 1. The van der Waals surface area contributed by atoms with Gasteiger partial charge in [0.2, 0.25) is 11.1 Å². The van der Waals surface area contributed by atoms with Crippen LogP contribution in [0.15, 0.2) is 29.4 Å². The second-order valence-corrected chi connectivity index (χ2v) is 7.23. The Balaban J connectivity index is 1.48. The molecule has 1 aromatic carbocycles. The van der Waals surface area contributed by atoms with Crippen molar-refractivity contribution in [1.82, 2.24) is 20.2 Å². The Kier molecular flexibility index (Phi) is 6.04. The Morgan fingerprint density at radius 3 is 2.76 bits per heavy atom. The Morgan fingerprint density at radius 1 is 1.32 bits per heavy atom. The van der Waals surface area contributed by atoms with Gasteiger partial charge in [-0.25, -0.2) is 4.68 Å². The van der Waals surface area contributed by atoms with Crippen LogP contribution in [0, 0.1) is 0 Å². The molecule has 0 saturated heterocycles. The van der Waals surface area contributed by atoms with E-state index in [1.54, 1.807) is 24.3 Å². The summed E-state index contributed by atoms with van der Waals surface area (Å²) in [4.78, 5) is 12.0. The summed E-state index contributed by atoms with van der Waals surface area (Å²) < 4.78 is 6.96. The SMILES string of the molecule is Nn1c(COc2ccc(Cl)cc2)nnc1SCC(=O)NC1CCCC1. The quantitative estimate of drug-likeness (QED) is 0.564. The third-order valence-electron chi connectivity index (χ3n) is 3.97. The molecule has 1 aromatic heterocycles. The van der Waals surface area contributed by atoms with Crippen molar-refractivity contribution >= 4 is 29.3 Å². The summed E-state index contributed by atoms with van der Waals surface area (Å²) in [5, 5.41) is 12.2. The number of nitrogens with one attached hydrogen (secondary N) is 1. The molecule has 1 fully saturated rings. The number of hydrogen-bond acceptors (Lipinski definition) is 6. The summed E-state index contributed by atoms with van der Waals surface area (Å²) in [5.41, 5.74) is 0. The van der Waals surface area contributed by atoms with Crippen molar-refractivity contribution in [2.75, 3.05) is 11.6 Å². The maximum Gasteiger partial charge on any atom is 0.230 e. The first-order chi connectivity index (χ1) is 12.1. The molecule has 0 atom stereocenters. The zero-order chi connectivity index (χ0) is 17.6. The second kappa shape index (κ2) is 8.44. The molecule has 1 heterocycles. The largest absolute Gasteiger partial charge is 0.486 e. The van der Waals surface area contributed by atoms with E-state index in [4.69, 9.17) is 22.2 Å². The van der Waals surface area contributed by atoms with Gasteiger partial charge in [0.1, 0.15) is 12.4 Å². The van der Waals surface area contributed by atoms with Gasteiger partial charge >= 0.3 is 0 Å². The van der Waals surface area contributed by atoms with E-state index in [-0.39, 0.29) is 18.3 Å². The topological polar surface area (TPSA) is 95.1 Å². The molecule has 0 unspecified atom stereocenters. The molecule has 1 aliphatic carbocycles. The fourth-order valence-corrected chi connectivity index (χ4v) is 3.46. The molecule has 0 bridgehead atoms. The summed E-state index contributed by atoms with van der Waals surface area (Å²) in [6, 6.07) is 7.33. The van der Waals surface area contributed by atoms with Gasteiger partial charge in [0.05, 0.1) is 5.75 Å². The number of rotatable bonds is 7. The standard InChI is InChI=1S/C16H20ClN5O2S/c17-11-5-7-13(8-6-11)24-9-14-20-21-16(22(14)18)25-10-15(23)19-12-3-1-2-4-12/h5-8,12H,1-4,9-10,18H2,(H,19,23). The van der Waals surface area contributed by atoms with Crippen LogP contribution in [-0.2, 0) is 11.4 Å². The fourth-order valence-electron chi connectivity index (χ4n) is 2.65. The third kappa shape index (κ3) is 5.02. The van der Waals surface area contributed by atoms with Crippen LogP contribution >= 0.6 is 23.4 Å². The molecule has 3 N–H and O–H groups in total. The minimum atomic E-state index is -0.00105. The molecule has 25 heavy (non-hydrogen) atoms. The molecular weight excluding hydrogens is 362 g/mol. The van der Waals surface area contributed by atoms with Crippen LogP contribution in [0.25, 0.3) is 0 Å². The van der Waals surface area contributed by atoms with Crippen LogP contribution in [-0.4, -0.2) is 32.6 Å². The van der Waals surface area contributed by atoms with Crippen LogP contribution in [0.3, 0.4) is 0 Å². The first-order valence-electron chi connectivity index (χ1n) is 8.11. The molecule has 0 aliphatic heterocycles. The number of nitrogen functional groups attached to an aromatic ring is 1. The minimum absolute atomic E-state index is 0.00105. The van der Waals surface area contributed by atoms with E-state index in [1.165, 1.54) is 29.3 Å². The highest BCUT2D eigenvalue weighted by Gasteiger charge is 2.18. The van der Waals surface area contributed by atoms with Crippen molar-refractivity contribution in [3.63, 3.8) is 0 Å². The maximum absolute atomic E-state index is 12.0. The average molecular weight is 382 g/mol. The van der Waals surface area contributed by atoms with Gasteiger partial charge in [-0.2, -0.15) is 0 Å². The van der Waals surface area contributed by atoms with Crippen molar-refractivity contribution in [2.24, 2.45) is 0 Å². The molecule has 0 radical (unpaired) electrons.